The van der Waals surface area contributed by atoms with Crippen molar-refractivity contribution in [2.45, 2.75) is 18.9 Å². The molecule has 0 bridgehead atoms. The summed E-state index contributed by atoms with van der Waals surface area (Å²) in [6, 6.07) is 23.9. The zero-order valence-corrected chi connectivity index (χ0v) is 20.3. The van der Waals surface area contributed by atoms with Gasteiger partial charge in [-0.3, -0.25) is 0 Å². The largest absolute Gasteiger partial charge is 0.497 e. The zero-order chi connectivity index (χ0) is 23.8. The third kappa shape index (κ3) is 6.43. The van der Waals surface area contributed by atoms with E-state index in [2.05, 4.69) is 46.7 Å². The molecule has 0 amide bonds. The van der Waals surface area contributed by atoms with E-state index in [-0.39, 0.29) is 6.61 Å². The Balaban J connectivity index is 0.000000186. The molecule has 5 nitrogen and oxygen atoms in total. The minimum atomic E-state index is -0.813. The van der Waals surface area contributed by atoms with Crippen LogP contribution in [0.25, 0.3) is 21.5 Å². The van der Waals surface area contributed by atoms with Crippen LogP contribution in [0.15, 0.2) is 72.8 Å². The van der Waals surface area contributed by atoms with Gasteiger partial charge in [0.25, 0.3) is 0 Å². The lowest BCUT2D eigenvalue weighted by atomic mass is 9.98. The van der Waals surface area contributed by atoms with Gasteiger partial charge in [0.05, 0.1) is 27.4 Å². The third-order valence-corrected chi connectivity index (χ3v) is 5.81. The SMILES string of the molecule is COc1ccc2cc(C(C)COP)ccc2c1.COc1ccc2cc(C(O)CO)ccc2c1. The van der Waals surface area contributed by atoms with Crippen molar-refractivity contribution in [1.29, 1.82) is 0 Å². The maximum absolute atomic E-state index is 9.51. The molecule has 0 spiro atoms. The molecular weight excluding hydrogens is 435 g/mol. The molecule has 0 saturated carbocycles. The van der Waals surface area contributed by atoms with E-state index < -0.39 is 6.10 Å². The Morgan fingerprint density at radius 3 is 1.67 bits per heavy atom. The Kier molecular flexibility index (Phi) is 9.04. The number of fused-ring (bicyclic) bond motifs is 2. The third-order valence-electron chi connectivity index (χ3n) is 5.62. The highest BCUT2D eigenvalue weighted by atomic mass is 31.0. The van der Waals surface area contributed by atoms with Crippen LogP contribution < -0.4 is 9.47 Å². The van der Waals surface area contributed by atoms with Crippen molar-refractivity contribution in [3.63, 3.8) is 0 Å². The van der Waals surface area contributed by atoms with Gasteiger partial charge in [-0.05, 0) is 63.0 Å². The van der Waals surface area contributed by atoms with Crippen molar-refractivity contribution >= 4 is 31.0 Å². The molecule has 3 unspecified atom stereocenters. The van der Waals surface area contributed by atoms with E-state index in [1.165, 1.54) is 16.3 Å². The van der Waals surface area contributed by atoms with E-state index in [1.54, 1.807) is 14.2 Å². The fourth-order valence-electron chi connectivity index (χ4n) is 3.60. The number of methoxy groups -OCH3 is 2. The van der Waals surface area contributed by atoms with Crippen LogP contribution in [0.5, 0.6) is 11.5 Å². The molecule has 0 fully saturated rings. The quantitative estimate of drug-likeness (QED) is 0.346. The van der Waals surface area contributed by atoms with Crippen LogP contribution in [0.3, 0.4) is 0 Å². The van der Waals surface area contributed by atoms with Crippen LogP contribution in [0, 0.1) is 0 Å². The number of aliphatic hydroxyl groups is 2. The zero-order valence-electron chi connectivity index (χ0n) is 19.2. The second kappa shape index (κ2) is 12.0. The number of hydrogen-bond donors (Lipinski definition) is 2. The molecule has 3 atom stereocenters. The molecule has 0 heterocycles. The fourth-order valence-corrected chi connectivity index (χ4v) is 3.89. The summed E-state index contributed by atoms with van der Waals surface area (Å²) in [5.74, 6) is 2.11. The van der Waals surface area contributed by atoms with Gasteiger partial charge in [0.1, 0.15) is 17.6 Å². The van der Waals surface area contributed by atoms with E-state index in [1.807, 2.05) is 42.5 Å². The van der Waals surface area contributed by atoms with Crippen LogP contribution in [0.2, 0.25) is 0 Å². The van der Waals surface area contributed by atoms with E-state index in [4.69, 9.17) is 19.1 Å². The molecule has 0 aromatic heterocycles. The lowest BCUT2D eigenvalue weighted by Gasteiger charge is -2.11. The van der Waals surface area contributed by atoms with Crippen molar-refractivity contribution in [3.8, 4) is 11.5 Å². The standard InChI is InChI=1S/C14H17O2P.C13H14O3/c1-10(9-16-17)11-3-4-13-8-14(15-2)6-5-12(13)7-11;1-16-12-5-4-9-6-11(13(15)8-14)3-2-10(9)7-12/h3-8,10H,9,17H2,1-2H3;2-7,13-15H,8H2,1H3. The van der Waals surface area contributed by atoms with Crippen molar-refractivity contribution in [3.05, 3.63) is 83.9 Å². The molecule has 0 aliphatic carbocycles. The number of aliphatic hydroxyl groups excluding tert-OH is 2. The van der Waals surface area contributed by atoms with Gasteiger partial charge >= 0.3 is 0 Å². The van der Waals surface area contributed by atoms with Crippen molar-refractivity contribution in [2.75, 3.05) is 27.4 Å². The average molecular weight is 467 g/mol. The second-order valence-corrected chi connectivity index (χ2v) is 8.21. The van der Waals surface area contributed by atoms with Gasteiger partial charge in [-0.2, -0.15) is 0 Å². The van der Waals surface area contributed by atoms with Gasteiger partial charge in [0.2, 0.25) is 0 Å². The Labute approximate surface area is 197 Å². The van der Waals surface area contributed by atoms with Crippen molar-refractivity contribution in [1.82, 2.24) is 0 Å². The van der Waals surface area contributed by atoms with Crippen LogP contribution in [-0.2, 0) is 4.52 Å². The highest BCUT2D eigenvalue weighted by Crippen LogP contribution is 2.26. The monoisotopic (exact) mass is 466 g/mol. The molecule has 174 valence electrons. The molecule has 4 rings (SSSR count). The van der Waals surface area contributed by atoms with Crippen molar-refractivity contribution < 1.29 is 24.2 Å². The summed E-state index contributed by atoms with van der Waals surface area (Å²) in [5.41, 5.74) is 2.02. The first-order valence-corrected chi connectivity index (χ1v) is 11.2. The maximum atomic E-state index is 9.51. The normalized spacial score (nSPS) is 12.7. The summed E-state index contributed by atoms with van der Waals surface area (Å²) in [6.45, 7) is 2.61. The first-order chi connectivity index (χ1) is 16.0. The van der Waals surface area contributed by atoms with E-state index in [0.29, 0.717) is 12.5 Å². The molecule has 0 aliphatic heterocycles. The molecule has 0 aliphatic rings. The van der Waals surface area contributed by atoms with Gasteiger partial charge in [0.15, 0.2) is 0 Å². The van der Waals surface area contributed by atoms with Gasteiger partial charge in [-0.25, -0.2) is 0 Å². The maximum Gasteiger partial charge on any atom is 0.119 e. The summed E-state index contributed by atoms with van der Waals surface area (Å²) in [5, 5.41) is 22.9. The molecule has 0 saturated heterocycles. The van der Waals surface area contributed by atoms with Crippen LogP contribution >= 0.6 is 9.47 Å². The molecule has 0 radical (unpaired) electrons. The lowest BCUT2D eigenvalue weighted by molar-refractivity contribution is 0.0957. The summed E-state index contributed by atoms with van der Waals surface area (Å²) < 4.78 is 15.5. The fraction of sp³-hybridized carbons (Fsp3) is 0.259. The molecule has 4 aromatic rings. The topological polar surface area (TPSA) is 68.2 Å². The predicted octanol–water partition coefficient (Wildman–Crippen LogP) is 5.63. The predicted molar refractivity (Wildman–Crippen MR) is 137 cm³/mol. The Bertz CT molecular complexity index is 1190. The minimum absolute atomic E-state index is 0.262. The molecule has 6 heteroatoms. The first kappa shape index (κ1) is 24.9. The van der Waals surface area contributed by atoms with Crippen LogP contribution in [0.4, 0.5) is 0 Å². The van der Waals surface area contributed by atoms with E-state index in [0.717, 1.165) is 27.8 Å². The van der Waals surface area contributed by atoms with Gasteiger partial charge in [-0.1, -0.05) is 49.4 Å². The van der Waals surface area contributed by atoms with Crippen LogP contribution in [-0.4, -0.2) is 37.6 Å². The molecule has 4 aromatic carbocycles. The Morgan fingerprint density at radius 2 is 1.18 bits per heavy atom. The highest BCUT2D eigenvalue weighted by Gasteiger charge is 2.07. The lowest BCUT2D eigenvalue weighted by Crippen LogP contribution is -2.01. The van der Waals surface area contributed by atoms with Gasteiger partial charge < -0.3 is 24.2 Å². The summed E-state index contributed by atoms with van der Waals surface area (Å²) in [6.07, 6.45) is -0.813. The number of rotatable bonds is 7. The van der Waals surface area contributed by atoms with E-state index >= 15 is 0 Å². The second-order valence-electron chi connectivity index (χ2n) is 7.88. The van der Waals surface area contributed by atoms with Gasteiger partial charge in [-0.15, -0.1) is 0 Å². The summed E-state index contributed by atoms with van der Waals surface area (Å²) in [4.78, 5) is 0. The Hall–Kier alpha value is -2.69. The minimum Gasteiger partial charge on any atom is -0.497 e. The van der Waals surface area contributed by atoms with Crippen LogP contribution in [0.1, 0.15) is 30.1 Å². The number of ether oxygens (including phenoxy) is 2. The Morgan fingerprint density at radius 1 is 0.727 bits per heavy atom. The summed E-state index contributed by atoms with van der Waals surface area (Å²) in [7, 11) is 5.62. The smallest absolute Gasteiger partial charge is 0.119 e. The van der Waals surface area contributed by atoms with Crippen molar-refractivity contribution in [2.24, 2.45) is 0 Å². The summed E-state index contributed by atoms with van der Waals surface area (Å²) >= 11 is 0. The average Bonchev–Trinajstić information content (AvgIpc) is 2.87. The number of hydrogen-bond acceptors (Lipinski definition) is 5. The van der Waals surface area contributed by atoms with Gasteiger partial charge in [0, 0.05) is 15.4 Å². The van der Waals surface area contributed by atoms with E-state index in [9.17, 15) is 5.11 Å². The molecular formula is C27H31O5P. The first-order valence-electron chi connectivity index (χ1n) is 10.7. The number of benzene rings is 4. The molecule has 33 heavy (non-hydrogen) atoms. The molecule has 2 N–H and O–H groups in total. The highest BCUT2D eigenvalue weighted by molar-refractivity contribution is 7.09.